The van der Waals surface area contributed by atoms with Crippen LogP contribution in [0, 0.1) is 29.8 Å². The Kier molecular flexibility index (Phi) is 3.65. The van der Waals surface area contributed by atoms with Crippen LogP contribution in [0.15, 0.2) is 34.9 Å². The predicted octanol–water partition coefficient (Wildman–Crippen LogP) is 3.25. The molecule has 3 aromatic rings. The molecule has 0 amide bonds. The molecule has 0 saturated carbocycles. The zero-order chi connectivity index (χ0) is 16.6. The molecular weight excluding hydrogens is 303 g/mol. The first kappa shape index (κ1) is 14.9. The molecule has 7 nitrogen and oxygen atoms in total. The number of hydrogen-bond donors (Lipinski definition) is 0. The van der Waals surface area contributed by atoms with Gasteiger partial charge in [-0.1, -0.05) is 0 Å². The van der Waals surface area contributed by atoms with E-state index < -0.39 is 4.92 Å². The van der Waals surface area contributed by atoms with Gasteiger partial charge < -0.3 is 4.42 Å². The third-order valence-electron chi connectivity index (χ3n) is 3.49. The van der Waals surface area contributed by atoms with Gasteiger partial charge in [0.05, 0.1) is 11.1 Å². The van der Waals surface area contributed by atoms with E-state index in [-0.39, 0.29) is 18.0 Å². The van der Waals surface area contributed by atoms with Crippen molar-refractivity contribution in [1.29, 1.82) is 0 Å². The van der Waals surface area contributed by atoms with Crippen molar-refractivity contribution in [3.05, 3.63) is 63.7 Å². The quantitative estimate of drug-likeness (QED) is 0.544. The number of oxazole rings is 1. The van der Waals surface area contributed by atoms with Crippen molar-refractivity contribution in [2.75, 3.05) is 0 Å². The summed E-state index contributed by atoms with van der Waals surface area (Å²) in [5.74, 6) is 0.532. The molecule has 0 radical (unpaired) electrons. The van der Waals surface area contributed by atoms with Crippen LogP contribution in [0.1, 0.15) is 17.3 Å². The van der Waals surface area contributed by atoms with E-state index in [0.29, 0.717) is 28.6 Å². The van der Waals surface area contributed by atoms with Gasteiger partial charge in [-0.15, -0.1) is 0 Å². The summed E-state index contributed by atoms with van der Waals surface area (Å²) in [6.07, 6.45) is 1.53. The minimum Gasteiger partial charge on any atom is -0.439 e. The Morgan fingerprint density at radius 2 is 2.00 bits per heavy atom. The summed E-state index contributed by atoms with van der Waals surface area (Å²) >= 11 is 0. The minimum absolute atomic E-state index is 0.00434. The molecule has 8 heteroatoms. The Balaban J connectivity index is 1.86. The van der Waals surface area contributed by atoms with Crippen molar-refractivity contribution in [2.24, 2.45) is 0 Å². The highest BCUT2D eigenvalue weighted by atomic mass is 19.1. The van der Waals surface area contributed by atoms with Gasteiger partial charge in [-0.25, -0.2) is 9.37 Å². The van der Waals surface area contributed by atoms with Crippen LogP contribution in [0.2, 0.25) is 0 Å². The molecule has 0 aliphatic heterocycles. The van der Waals surface area contributed by atoms with Crippen LogP contribution in [0.4, 0.5) is 10.1 Å². The number of benzene rings is 1. The third-order valence-corrected chi connectivity index (χ3v) is 3.49. The predicted molar refractivity (Wildman–Crippen MR) is 79.4 cm³/mol. The van der Waals surface area contributed by atoms with Gasteiger partial charge in [0.25, 0.3) is 0 Å². The molecule has 0 N–H and O–H groups in total. The van der Waals surface area contributed by atoms with Gasteiger partial charge in [-0.3, -0.25) is 14.8 Å². The van der Waals surface area contributed by atoms with Crippen LogP contribution in [0.3, 0.4) is 0 Å². The van der Waals surface area contributed by atoms with E-state index in [2.05, 4.69) is 10.1 Å². The lowest BCUT2D eigenvalue weighted by atomic mass is 10.2. The van der Waals surface area contributed by atoms with Gasteiger partial charge in [0, 0.05) is 5.56 Å². The number of aryl methyl sites for hydroxylation is 1. The van der Waals surface area contributed by atoms with E-state index >= 15 is 0 Å². The topological polar surface area (TPSA) is 87.0 Å². The van der Waals surface area contributed by atoms with E-state index in [1.54, 1.807) is 26.0 Å². The average molecular weight is 316 g/mol. The van der Waals surface area contributed by atoms with Crippen LogP contribution < -0.4 is 0 Å². The first-order valence-corrected chi connectivity index (χ1v) is 6.84. The van der Waals surface area contributed by atoms with Crippen molar-refractivity contribution in [2.45, 2.75) is 20.4 Å². The molecule has 1 aromatic carbocycles. The van der Waals surface area contributed by atoms with E-state index in [9.17, 15) is 14.5 Å². The monoisotopic (exact) mass is 316 g/mol. The summed E-state index contributed by atoms with van der Waals surface area (Å²) in [7, 11) is 0. The molecule has 2 aromatic heterocycles. The normalized spacial score (nSPS) is 10.9. The summed E-state index contributed by atoms with van der Waals surface area (Å²) < 4.78 is 20.0. The Labute approximate surface area is 130 Å². The Morgan fingerprint density at radius 1 is 1.30 bits per heavy atom. The first-order chi connectivity index (χ1) is 11.0. The van der Waals surface area contributed by atoms with Crippen LogP contribution in [-0.4, -0.2) is 19.7 Å². The molecule has 0 aliphatic rings. The van der Waals surface area contributed by atoms with Crippen LogP contribution in [-0.2, 0) is 6.54 Å². The highest BCUT2D eigenvalue weighted by Crippen LogP contribution is 2.24. The van der Waals surface area contributed by atoms with Gasteiger partial charge in [-0.2, -0.15) is 5.10 Å². The lowest BCUT2D eigenvalue weighted by Crippen LogP contribution is -2.04. The van der Waals surface area contributed by atoms with Crippen molar-refractivity contribution >= 4 is 5.69 Å². The van der Waals surface area contributed by atoms with Crippen LogP contribution >= 0.6 is 0 Å². The third kappa shape index (κ3) is 2.83. The van der Waals surface area contributed by atoms with Crippen molar-refractivity contribution in [3.8, 4) is 11.3 Å². The van der Waals surface area contributed by atoms with Crippen molar-refractivity contribution < 1.29 is 13.7 Å². The molecule has 3 rings (SSSR count). The summed E-state index contributed by atoms with van der Waals surface area (Å²) in [6, 6.07) is 5.85. The molecule has 0 bridgehead atoms. The van der Waals surface area contributed by atoms with Gasteiger partial charge in [0.2, 0.25) is 5.89 Å². The zero-order valence-corrected chi connectivity index (χ0v) is 12.5. The highest BCUT2D eigenvalue weighted by molar-refractivity contribution is 5.55. The molecule has 0 atom stereocenters. The Hall–Kier alpha value is -3.03. The van der Waals surface area contributed by atoms with Gasteiger partial charge in [0.1, 0.15) is 23.7 Å². The number of nitrogens with zero attached hydrogens (tertiary/aromatic N) is 4. The molecule has 0 saturated heterocycles. The lowest BCUT2D eigenvalue weighted by Gasteiger charge is -2.00. The maximum atomic E-state index is 12.9. The van der Waals surface area contributed by atoms with E-state index in [4.69, 9.17) is 4.42 Å². The molecule has 2 heterocycles. The molecular formula is C15H13FN4O3. The summed E-state index contributed by atoms with van der Waals surface area (Å²) in [5, 5.41) is 15.2. The summed E-state index contributed by atoms with van der Waals surface area (Å²) in [4.78, 5) is 14.7. The second-order valence-electron chi connectivity index (χ2n) is 5.06. The Morgan fingerprint density at radius 3 is 2.61 bits per heavy atom. The SMILES string of the molecule is Cc1nn(Cc2ncc(-c3ccc(F)cc3)o2)c(C)c1[N+](=O)[O-]. The van der Waals surface area contributed by atoms with Gasteiger partial charge >= 0.3 is 5.69 Å². The standard InChI is InChI=1S/C15H13FN4O3/c1-9-15(20(21)22)10(2)19(18-9)8-14-17-7-13(23-14)11-3-5-12(16)6-4-11/h3-7H,8H2,1-2H3. The number of nitro groups is 1. The molecule has 118 valence electrons. The van der Waals surface area contributed by atoms with Crippen LogP contribution in [0.25, 0.3) is 11.3 Å². The molecule has 0 fully saturated rings. The second-order valence-corrected chi connectivity index (χ2v) is 5.06. The minimum atomic E-state index is -0.451. The number of halogens is 1. The first-order valence-electron chi connectivity index (χ1n) is 6.84. The molecule has 0 unspecified atom stereocenters. The maximum absolute atomic E-state index is 12.9. The number of aromatic nitrogens is 3. The number of hydrogen-bond acceptors (Lipinski definition) is 5. The Bertz CT molecular complexity index is 867. The fourth-order valence-electron chi connectivity index (χ4n) is 2.36. The second kappa shape index (κ2) is 5.64. The van der Waals surface area contributed by atoms with E-state index in [1.807, 2.05) is 0 Å². The lowest BCUT2D eigenvalue weighted by molar-refractivity contribution is -0.386. The fourth-order valence-corrected chi connectivity index (χ4v) is 2.36. The molecule has 0 spiro atoms. The van der Waals surface area contributed by atoms with E-state index in [1.165, 1.54) is 23.0 Å². The van der Waals surface area contributed by atoms with Gasteiger partial charge in [-0.05, 0) is 38.1 Å². The zero-order valence-electron chi connectivity index (χ0n) is 12.5. The van der Waals surface area contributed by atoms with Crippen molar-refractivity contribution in [1.82, 2.24) is 14.8 Å². The average Bonchev–Trinajstić information content (AvgIpc) is 3.05. The largest absolute Gasteiger partial charge is 0.439 e. The highest BCUT2D eigenvalue weighted by Gasteiger charge is 2.22. The van der Waals surface area contributed by atoms with Crippen molar-refractivity contribution in [3.63, 3.8) is 0 Å². The fraction of sp³-hybridized carbons (Fsp3) is 0.200. The molecule has 0 aliphatic carbocycles. The smallest absolute Gasteiger partial charge is 0.312 e. The van der Waals surface area contributed by atoms with Gasteiger partial charge in [0.15, 0.2) is 5.76 Å². The summed E-state index contributed by atoms with van der Waals surface area (Å²) in [6.45, 7) is 3.39. The maximum Gasteiger partial charge on any atom is 0.312 e. The summed E-state index contributed by atoms with van der Waals surface area (Å²) in [5.41, 5.74) is 1.48. The number of rotatable bonds is 4. The van der Waals surface area contributed by atoms with E-state index in [0.717, 1.165) is 0 Å². The van der Waals surface area contributed by atoms with Crippen LogP contribution in [0.5, 0.6) is 0 Å². The molecule has 23 heavy (non-hydrogen) atoms.